The molecule has 0 unspecified atom stereocenters. The summed E-state index contributed by atoms with van der Waals surface area (Å²) in [5.41, 5.74) is 3.22. The SMILES string of the molecule is Cc1cccc(C)c1NC(=O)CN(C)C(=O)COC(=O)C=Cc1ccccn1. The van der Waals surface area contributed by atoms with Gasteiger partial charge in [-0.05, 0) is 43.2 Å². The van der Waals surface area contributed by atoms with Crippen LogP contribution in [0.25, 0.3) is 6.08 Å². The molecule has 2 rings (SSSR count). The highest BCUT2D eigenvalue weighted by Gasteiger charge is 2.15. The summed E-state index contributed by atoms with van der Waals surface area (Å²) >= 11 is 0. The third-order valence-electron chi connectivity index (χ3n) is 3.97. The number of hydrogen-bond donors (Lipinski definition) is 1. The lowest BCUT2D eigenvalue weighted by Crippen LogP contribution is -2.37. The number of carbonyl (C=O) groups excluding carboxylic acids is 3. The summed E-state index contributed by atoms with van der Waals surface area (Å²) in [5.74, 6) is -1.46. The molecule has 0 saturated heterocycles. The molecule has 1 heterocycles. The van der Waals surface area contributed by atoms with Gasteiger partial charge in [0.15, 0.2) is 6.61 Å². The van der Waals surface area contributed by atoms with Gasteiger partial charge in [0.25, 0.3) is 5.91 Å². The van der Waals surface area contributed by atoms with Crippen LogP contribution in [0.5, 0.6) is 0 Å². The standard InChI is InChI=1S/C21H23N3O4/c1-15-7-6-8-16(2)21(15)23-18(25)13-24(3)19(26)14-28-20(27)11-10-17-9-4-5-12-22-17/h4-12H,13-14H2,1-3H3,(H,23,25). The van der Waals surface area contributed by atoms with Crippen LogP contribution >= 0.6 is 0 Å². The van der Waals surface area contributed by atoms with E-state index in [-0.39, 0.29) is 12.5 Å². The molecule has 0 aliphatic carbocycles. The molecule has 7 nitrogen and oxygen atoms in total. The Morgan fingerprint density at radius 1 is 1.11 bits per heavy atom. The quantitative estimate of drug-likeness (QED) is 0.587. The van der Waals surface area contributed by atoms with Gasteiger partial charge >= 0.3 is 5.97 Å². The Balaban J connectivity index is 1.79. The Labute approximate surface area is 164 Å². The molecule has 146 valence electrons. The van der Waals surface area contributed by atoms with Crippen molar-refractivity contribution in [1.82, 2.24) is 9.88 Å². The number of anilines is 1. The monoisotopic (exact) mass is 381 g/mol. The summed E-state index contributed by atoms with van der Waals surface area (Å²) in [5, 5.41) is 2.81. The number of pyridine rings is 1. The second-order valence-corrected chi connectivity index (χ2v) is 6.26. The Kier molecular flexibility index (Phi) is 7.45. The van der Waals surface area contributed by atoms with Crippen molar-refractivity contribution in [2.45, 2.75) is 13.8 Å². The molecule has 0 aliphatic heterocycles. The van der Waals surface area contributed by atoms with Crippen molar-refractivity contribution in [2.75, 3.05) is 25.5 Å². The first-order valence-corrected chi connectivity index (χ1v) is 8.72. The van der Waals surface area contributed by atoms with Gasteiger partial charge in [-0.15, -0.1) is 0 Å². The van der Waals surface area contributed by atoms with Gasteiger partial charge in [-0.1, -0.05) is 24.3 Å². The van der Waals surface area contributed by atoms with Crippen LogP contribution in [0, 0.1) is 13.8 Å². The molecule has 1 aromatic heterocycles. The van der Waals surface area contributed by atoms with Crippen LogP contribution in [0.1, 0.15) is 16.8 Å². The number of rotatable bonds is 7. The van der Waals surface area contributed by atoms with E-state index in [2.05, 4.69) is 10.3 Å². The van der Waals surface area contributed by atoms with E-state index in [0.717, 1.165) is 16.8 Å². The first-order chi connectivity index (χ1) is 13.4. The van der Waals surface area contributed by atoms with Gasteiger partial charge in [-0.2, -0.15) is 0 Å². The highest BCUT2D eigenvalue weighted by atomic mass is 16.5. The lowest BCUT2D eigenvalue weighted by atomic mass is 10.1. The summed E-state index contributed by atoms with van der Waals surface area (Å²) in [6.07, 6.45) is 4.30. The molecule has 0 aliphatic rings. The van der Waals surface area contributed by atoms with Crippen LogP contribution in [0.4, 0.5) is 5.69 Å². The second kappa shape index (κ2) is 10.0. The fraction of sp³-hybridized carbons (Fsp3) is 0.238. The van der Waals surface area contributed by atoms with Gasteiger partial charge in [-0.25, -0.2) is 4.79 Å². The minimum absolute atomic E-state index is 0.145. The second-order valence-electron chi connectivity index (χ2n) is 6.26. The molecule has 0 spiro atoms. The molecule has 1 N–H and O–H groups in total. The number of hydrogen-bond acceptors (Lipinski definition) is 5. The fourth-order valence-electron chi connectivity index (χ4n) is 2.41. The van der Waals surface area contributed by atoms with Gasteiger partial charge in [0.1, 0.15) is 0 Å². The van der Waals surface area contributed by atoms with Gasteiger partial charge in [-0.3, -0.25) is 14.6 Å². The van der Waals surface area contributed by atoms with Crippen LogP contribution in [0.3, 0.4) is 0 Å². The molecule has 0 saturated carbocycles. The molecule has 2 amide bonds. The summed E-state index contributed by atoms with van der Waals surface area (Å²) in [7, 11) is 1.48. The van der Waals surface area contributed by atoms with E-state index in [9.17, 15) is 14.4 Å². The van der Waals surface area contributed by atoms with Gasteiger partial charge < -0.3 is 15.0 Å². The summed E-state index contributed by atoms with van der Waals surface area (Å²) in [4.78, 5) is 41.2. The number of ether oxygens (including phenoxy) is 1. The van der Waals surface area contributed by atoms with E-state index in [1.807, 2.05) is 32.0 Å². The molecule has 0 radical (unpaired) electrons. The molecule has 28 heavy (non-hydrogen) atoms. The highest BCUT2D eigenvalue weighted by Crippen LogP contribution is 2.19. The van der Waals surface area contributed by atoms with Crippen molar-refractivity contribution in [3.05, 3.63) is 65.5 Å². The van der Waals surface area contributed by atoms with Gasteiger partial charge in [0.05, 0.1) is 12.2 Å². The summed E-state index contributed by atoms with van der Waals surface area (Å²) < 4.78 is 4.91. The van der Waals surface area contributed by atoms with E-state index < -0.39 is 18.5 Å². The van der Waals surface area contributed by atoms with Crippen LogP contribution in [-0.4, -0.2) is 47.9 Å². The van der Waals surface area contributed by atoms with Gasteiger partial charge in [0.2, 0.25) is 5.91 Å². The normalized spacial score (nSPS) is 10.5. The molecular formula is C21H23N3O4. The maximum atomic E-state index is 12.2. The molecule has 1 aromatic carbocycles. The number of esters is 1. The first-order valence-electron chi connectivity index (χ1n) is 8.72. The third-order valence-corrected chi connectivity index (χ3v) is 3.97. The van der Waals surface area contributed by atoms with Crippen molar-refractivity contribution in [3.8, 4) is 0 Å². The molecule has 2 aromatic rings. The maximum absolute atomic E-state index is 12.2. The Hall–Kier alpha value is -3.48. The molecule has 7 heteroatoms. The number of nitrogens with one attached hydrogen (secondary N) is 1. The van der Waals surface area contributed by atoms with Crippen LogP contribution in [0.15, 0.2) is 48.7 Å². The van der Waals surface area contributed by atoms with Crippen molar-refractivity contribution >= 4 is 29.5 Å². The maximum Gasteiger partial charge on any atom is 0.331 e. The smallest absolute Gasteiger partial charge is 0.331 e. The predicted octanol–water partition coefficient (Wildman–Crippen LogP) is 2.35. The van der Waals surface area contributed by atoms with E-state index in [1.165, 1.54) is 24.1 Å². The summed E-state index contributed by atoms with van der Waals surface area (Å²) in [6.45, 7) is 3.21. The largest absolute Gasteiger partial charge is 0.452 e. The average molecular weight is 381 g/mol. The zero-order chi connectivity index (χ0) is 20.5. The Morgan fingerprint density at radius 3 is 2.46 bits per heavy atom. The minimum atomic E-state index is -0.660. The van der Waals surface area contributed by atoms with Gasteiger partial charge in [0, 0.05) is 25.0 Å². The van der Waals surface area contributed by atoms with E-state index >= 15 is 0 Å². The highest BCUT2D eigenvalue weighted by molar-refractivity contribution is 5.96. The van der Waals surface area contributed by atoms with E-state index in [4.69, 9.17) is 4.74 Å². The van der Waals surface area contributed by atoms with E-state index in [0.29, 0.717) is 5.69 Å². The number of amides is 2. The topological polar surface area (TPSA) is 88.6 Å². The van der Waals surface area contributed by atoms with Crippen molar-refractivity contribution in [2.24, 2.45) is 0 Å². The van der Waals surface area contributed by atoms with Crippen LogP contribution < -0.4 is 5.32 Å². The van der Waals surface area contributed by atoms with E-state index in [1.54, 1.807) is 24.4 Å². The number of nitrogens with zero attached hydrogens (tertiary/aromatic N) is 2. The van der Waals surface area contributed by atoms with Crippen molar-refractivity contribution in [3.63, 3.8) is 0 Å². The number of para-hydroxylation sites is 1. The van der Waals surface area contributed by atoms with Crippen molar-refractivity contribution < 1.29 is 19.1 Å². The zero-order valence-corrected chi connectivity index (χ0v) is 16.1. The molecule has 0 fully saturated rings. The zero-order valence-electron chi connectivity index (χ0n) is 16.1. The number of likely N-dealkylation sites (N-methyl/N-ethyl adjacent to an activating group) is 1. The molecule has 0 atom stereocenters. The number of aryl methyl sites for hydroxylation is 2. The predicted molar refractivity (Wildman–Crippen MR) is 106 cm³/mol. The van der Waals surface area contributed by atoms with Crippen LogP contribution in [-0.2, 0) is 19.1 Å². The third kappa shape index (κ3) is 6.35. The average Bonchev–Trinajstić information content (AvgIpc) is 2.68. The number of aromatic nitrogens is 1. The number of carbonyl (C=O) groups is 3. The minimum Gasteiger partial charge on any atom is -0.452 e. The Morgan fingerprint density at radius 2 is 1.82 bits per heavy atom. The first kappa shape index (κ1) is 20.8. The van der Waals surface area contributed by atoms with Crippen LogP contribution in [0.2, 0.25) is 0 Å². The Bertz CT molecular complexity index is 858. The molecule has 0 bridgehead atoms. The number of benzene rings is 1. The lowest BCUT2D eigenvalue weighted by molar-refractivity contribution is -0.148. The fourth-order valence-corrected chi connectivity index (χ4v) is 2.41. The summed E-state index contributed by atoms with van der Waals surface area (Å²) in [6, 6.07) is 11.0. The van der Waals surface area contributed by atoms with Crippen molar-refractivity contribution in [1.29, 1.82) is 0 Å². The lowest BCUT2D eigenvalue weighted by Gasteiger charge is -2.18. The molecular weight excluding hydrogens is 358 g/mol.